The number of aryl methyl sites for hydroxylation is 1. The Morgan fingerprint density at radius 1 is 1.33 bits per heavy atom. The molecule has 7 heteroatoms. The van der Waals surface area contributed by atoms with Crippen LogP contribution in [0.4, 0.5) is 0 Å². The van der Waals surface area contributed by atoms with Gasteiger partial charge in [-0.3, -0.25) is 9.59 Å². The third-order valence-electron chi connectivity index (χ3n) is 5.15. The number of hydrogen-bond donors (Lipinski definition) is 1. The van der Waals surface area contributed by atoms with E-state index < -0.39 is 5.91 Å². The fourth-order valence-electron chi connectivity index (χ4n) is 3.79. The number of nitrogens with zero attached hydrogens (tertiary/aromatic N) is 3. The summed E-state index contributed by atoms with van der Waals surface area (Å²) >= 11 is 0. The Hall–Kier alpha value is -1.86. The molecule has 0 aromatic carbocycles. The highest BCUT2D eigenvalue weighted by molar-refractivity contribution is 5.99. The van der Waals surface area contributed by atoms with Gasteiger partial charge in [0.2, 0.25) is 5.91 Å². The number of hydrogen-bond acceptors (Lipinski definition) is 4. The van der Waals surface area contributed by atoms with Crippen molar-refractivity contribution in [2.75, 3.05) is 33.3 Å². The predicted molar refractivity (Wildman–Crippen MR) is 89.8 cm³/mol. The number of nitrogens with two attached hydrogens (primary N) is 1. The fourth-order valence-corrected chi connectivity index (χ4v) is 3.79. The van der Waals surface area contributed by atoms with Crippen LogP contribution in [0.2, 0.25) is 0 Å². The Balaban J connectivity index is 1.78. The lowest BCUT2D eigenvalue weighted by Gasteiger charge is -2.28. The van der Waals surface area contributed by atoms with Gasteiger partial charge >= 0.3 is 0 Å². The number of methoxy groups -OCH3 is 1. The number of primary amides is 1. The van der Waals surface area contributed by atoms with Gasteiger partial charge < -0.3 is 24.8 Å². The molecule has 2 amide bonds. The Morgan fingerprint density at radius 3 is 2.62 bits per heavy atom. The Labute approximate surface area is 142 Å². The lowest BCUT2D eigenvalue weighted by Crippen LogP contribution is -2.43. The van der Waals surface area contributed by atoms with E-state index in [2.05, 4.69) is 4.90 Å². The molecular weight excluding hydrogens is 308 g/mol. The van der Waals surface area contributed by atoms with Gasteiger partial charge in [0.1, 0.15) is 5.69 Å². The summed E-state index contributed by atoms with van der Waals surface area (Å²) in [5.74, 6) is -0.580. The fraction of sp³-hybridized carbons (Fsp3) is 0.647. The molecule has 0 spiro atoms. The molecule has 1 aromatic rings. The van der Waals surface area contributed by atoms with Crippen molar-refractivity contribution in [3.63, 3.8) is 0 Å². The van der Waals surface area contributed by atoms with Gasteiger partial charge in [0, 0.05) is 39.5 Å². The summed E-state index contributed by atoms with van der Waals surface area (Å²) in [4.78, 5) is 28.7. The lowest BCUT2D eigenvalue weighted by atomic mass is 10.2. The third kappa shape index (κ3) is 3.32. The van der Waals surface area contributed by atoms with Crippen molar-refractivity contribution in [2.24, 2.45) is 12.8 Å². The smallest absolute Gasteiger partial charge is 0.270 e. The van der Waals surface area contributed by atoms with Gasteiger partial charge in [0.15, 0.2) is 0 Å². The van der Waals surface area contributed by atoms with Gasteiger partial charge in [0.05, 0.1) is 11.7 Å². The largest absolute Gasteiger partial charge is 0.380 e. The summed E-state index contributed by atoms with van der Waals surface area (Å²) in [5, 5.41) is 0. The maximum absolute atomic E-state index is 13.0. The van der Waals surface area contributed by atoms with E-state index in [4.69, 9.17) is 10.5 Å². The molecule has 2 aliphatic rings. The molecule has 132 valence electrons. The average Bonchev–Trinajstić information content (AvgIpc) is 3.26. The first-order valence-corrected chi connectivity index (χ1v) is 8.52. The van der Waals surface area contributed by atoms with Crippen molar-refractivity contribution in [1.82, 2.24) is 14.4 Å². The van der Waals surface area contributed by atoms with Crippen LogP contribution in [0, 0.1) is 0 Å². The number of amides is 2. The molecule has 0 unspecified atom stereocenters. The Bertz CT molecular complexity index is 621. The molecule has 7 nitrogen and oxygen atoms in total. The van der Waals surface area contributed by atoms with E-state index >= 15 is 0 Å². The molecule has 1 aromatic heterocycles. The molecule has 2 saturated heterocycles. The van der Waals surface area contributed by atoms with Gasteiger partial charge in [-0.25, -0.2) is 0 Å². The van der Waals surface area contributed by atoms with E-state index in [1.54, 1.807) is 31.0 Å². The summed E-state index contributed by atoms with van der Waals surface area (Å²) in [7, 11) is 3.46. The van der Waals surface area contributed by atoms with Crippen LogP contribution in [-0.2, 0) is 11.8 Å². The first kappa shape index (κ1) is 17.0. The van der Waals surface area contributed by atoms with Crippen LogP contribution in [-0.4, -0.2) is 71.6 Å². The summed E-state index contributed by atoms with van der Waals surface area (Å²) in [6, 6.07) is 1.73. The zero-order chi connectivity index (χ0) is 17.3. The maximum atomic E-state index is 13.0. The average molecular weight is 334 g/mol. The van der Waals surface area contributed by atoms with Gasteiger partial charge in [-0.2, -0.15) is 0 Å². The van der Waals surface area contributed by atoms with Crippen LogP contribution in [0.25, 0.3) is 0 Å². The zero-order valence-corrected chi connectivity index (χ0v) is 14.4. The summed E-state index contributed by atoms with van der Waals surface area (Å²) < 4.78 is 7.18. The highest BCUT2D eigenvalue weighted by Gasteiger charge is 2.37. The van der Waals surface area contributed by atoms with Gasteiger partial charge in [-0.05, 0) is 38.4 Å². The summed E-state index contributed by atoms with van der Waals surface area (Å²) in [6.07, 6.45) is 4.99. The van der Waals surface area contributed by atoms with Crippen LogP contribution >= 0.6 is 0 Å². The first-order valence-electron chi connectivity index (χ1n) is 8.52. The van der Waals surface area contributed by atoms with Crippen molar-refractivity contribution < 1.29 is 14.3 Å². The molecule has 24 heavy (non-hydrogen) atoms. The summed E-state index contributed by atoms with van der Waals surface area (Å²) in [5.41, 5.74) is 6.18. The normalized spacial score (nSPS) is 24.7. The zero-order valence-electron chi connectivity index (χ0n) is 14.4. The second-order valence-electron chi connectivity index (χ2n) is 6.80. The van der Waals surface area contributed by atoms with Gasteiger partial charge in [-0.1, -0.05) is 0 Å². The molecule has 2 aliphatic heterocycles. The predicted octanol–water partition coefficient (Wildman–Crippen LogP) is 0.449. The van der Waals surface area contributed by atoms with Crippen LogP contribution < -0.4 is 5.73 Å². The highest BCUT2D eigenvalue weighted by atomic mass is 16.5. The quantitative estimate of drug-likeness (QED) is 0.848. The van der Waals surface area contributed by atoms with Crippen molar-refractivity contribution >= 4 is 11.8 Å². The SMILES string of the molecule is CO[C@H]1C[C@@H](CN2CCCC2)N(C(=O)c2cc(C(N)=O)cn2C)C1. The van der Waals surface area contributed by atoms with Gasteiger partial charge in [0.25, 0.3) is 5.91 Å². The van der Waals surface area contributed by atoms with E-state index in [1.807, 2.05) is 4.90 Å². The van der Waals surface area contributed by atoms with E-state index in [1.165, 1.54) is 12.8 Å². The minimum Gasteiger partial charge on any atom is -0.380 e. The minimum absolute atomic E-state index is 0.0613. The van der Waals surface area contributed by atoms with Crippen LogP contribution in [0.5, 0.6) is 0 Å². The maximum Gasteiger partial charge on any atom is 0.270 e. The molecule has 3 heterocycles. The van der Waals surface area contributed by atoms with E-state index in [0.717, 1.165) is 26.1 Å². The monoisotopic (exact) mass is 334 g/mol. The molecule has 2 N–H and O–H groups in total. The van der Waals surface area contributed by atoms with Crippen molar-refractivity contribution in [3.8, 4) is 0 Å². The molecule has 0 radical (unpaired) electrons. The number of rotatable bonds is 5. The van der Waals surface area contributed by atoms with Crippen LogP contribution in [0.1, 0.15) is 40.1 Å². The topological polar surface area (TPSA) is 80.8 Å². The molecule has 2 atom stereocenters. The number of likely N-dealkylation sites (tertiary alicyclic amines) is 2. The molecule has 0 saturated carbocycles. The number of carbonyl (C=O) groups excluding carboxylic acids is 2. The van der Waals surface area contributed by atoms with E-state index in [-0.39, 0.29) is 18.1 Å². The molecule has 2 fully saturated rings. The van der Waals surface area contributed by atoms with Crippen LogP contribution in [0.3, 0.4) is 0 Å². The number of carbonyl (C=O) groups is 2. The Morgan fingerprint density at radius 2 is 2.04 bits per heavy atom. The molecular formula is C17H26N4O3. The number of ether oxygens (including phenoxy) is 1. The van der Waals surface area contributed by atoms with Gasteiger partial charge in [-0.15, -0.1) is 0 Å². The van der Waals surface area contributed by atoms with Crippen LogP contribution in [0.15, 0.2) is 12.3 Å². The Kier molecular flexibility index (Phi) is 4.91. The second-order valence-corrected chi connectivity index (χ2v) is 6.80. The standard InChI is InChI=1S/C17H26N4O3/c1-19-9-12(16(18)22)7-15(19)17(23)21-11-14(24-2)8-13(21)10-20-5-3-4-6-20/h7,9,13-14H,3-6,8,10-11H2,1-2H3,(H2,18,22)/t13-,14-/m0/s1. The van der Waals surface area contributed by atoms with Crippen molar-refractivity contribution in [3.05, 3.63) is 23.5 Å². The second kappa shape index (κ2) is 6.94. The third-order valence-corrected chi connectivity index (χ3v) is 5.15. The van der Waals surface area contributed by atoms with E-state index in [9.17, 15) is 9.59 Å². The van der Waals surface area contributed by atoms with Crippen molar-refractivity contribution in [2.45, 2.75) is 31.4 Å². The van der Waals surface area contributed by atoms with Crippen molar-refractivity contribution in [1.29, 1.82) is 0 Å². The lowest BCUT2D eigenvalue weighted by molar-refractivity contribution is 0.0661. The van der Waals surface area contributed by atoms with E-state index in [0.29, 0.717) is 17.8 Å². The first-order chi connectivity index (χ1) is 11.5. The molecule has 3 rings (SSSR count). The minimum atomic E-state index is -0.519. The molecule has 0 aliphatic carbocycles. The molecule has 0 bridgehead atoms. The highest BCUT2D eigenvalue weighted by Crippen LogP contribution is 2.25. The summed E-state index contributed by atoms with van der Waals surface area (Å²) in [6.45, 7) is 3.68. The number of aromatic nitrogens is 1.